The molecule has 0 aliphatic carbocycles. The fourth-order valence-corrected chi connectivity index (χ4v) is 1.05. The molecular weight excluding hydrogens is 162 g/mol. The lowest BCUT2D eigenvalue weighted by Crippen LogP contribution is -1.77. The van der Waals surface area contributed by atoms with Crippen molar-refractivity contribution in [1.29, 1.82) is 0 Å². The van der Waals surface area contributed by atoms with E-state index in [0.717, 1.165) is 0 Å². The zero-order chi connectivity index (χ0) is 4.41. The molecule has 0 amide bonds. The number of aliphatic imine (C=N–C) groups is 1. The van der Waals surface area contributed by atoms with Gasteiger partial charge in [-0.15, -0.1) is 0 Å². The summed E-state index contributed by atoms with van der Waals surface area (Å²) in [5.41, 5.74) is 1.82. The van der Waals surface area contributed by atoms with Crippen LogP contribution in [-0.2, 0) is 0 Å². The van der Waals surface area contributed by atoms with Gasteiger partial charge in [-0.1, -0.05) is 27.7 Å². The maximum Gasteiger partial charge on any atom is 0.0968 e. The molecule has 0 saturated carbocycles. The molecule has 1 heterocycles. The third kappa shape index (κ3) is 0.980. The third-order valence-electron chi connectivity index (χ3n) is 0.455. The first-order chi connectivity index (χ1) is 2.89. The molecule has 1 rings (SSSR count). The highest BCUT2D eigenvalue weighted by Crippen LogP contribution is 2.23. The number of alkyl halides is 1. The number of rotatable bonds is 0. The summed E-state index contributed by atoms with van der Waals surface area (Å²) in [6, 6.07) is 0. The molecule has 1 radical (unpaired) electrons. The van der Waals surface area contributed by atoms with Crippen LogP contribution in [0.15, 0.2) is 4.99 Å². The average Bonchev–Trinajstić information content (AvgIpc) is 1.86. The largest absolute Gasteiger partial charge is 0.279 e. The van der Waals surface area contributed by atoms with Crippen LogP contribution in [0.1, 0.15) is 0 Å². The molecule has 1 unspecified atom stereocenters. The first kappa shape index (κ1) is 4.65. The molecule has 0 aromatic rings. The van der Waals surface area contributed by atoms with Crippen molar-refractivity contribution < 1.29 is 0 Å². The summed E-state index contributed by atoms with van der Waals surface area (Å²) >= 11 is 4.99. The standard InChI is InChI=1S/C3H3BrNS/c4-3-1-5-2-6-3/h1-3H. The monoisotopic (exact) mass is 164 g/mol. The van der Waals surface area contributed by atoms with Gasteiger partial charge < -0.3 is 0 Å². The van der Waals surface area contributed by atoms with E-state index >= 15 is 0 Å². The molecule has 0 N–H and O–H groups in total. The van der Waals surface area contributed by atoms with Gasteiger partial charge in [0.15, 0.2) is 0 Å². The summed E-state index contributed by atoms with van der Waals surface area (Å²) in [6.07, 6.45) is 0. The molecule has 0 spiro atoms. The van der Waals surface area contributed by atoms with E-state index < -0.39 is 0 Å². The molecule has 1 atom stereocenters. The zero-order valence-electron chi connectivity index (χ0n) is 2.97. The van der Waals surface area contributed by atoms with Crippen molar-refractivity contribution in [3.63, 3.8) is 0 Å². The summed E-state index contributed by atoms with van der Waals surface area (Å²) in [5.74, 6) is 0. The predicted octanol–water partition coefficient (Wildman–Crippen LogP) is 1.64. The average molecular weight is 165 g/mol. The fraction of sp³-hybridized carbons (Fsp3) is 0.333. The van der Waals surface area contributed by atoms with Crippen molar-refractivity contribution >= 4 is 33.2 Å². The Morgan fingerprint density at radius 2 is 2.67 bits per heavy atom. The molecule has 1 aliphatic rings. The minimum atomic E-state index is 0.428. The van der Waals surface area contributed by atoms with Crippen molar-refractivity contribution in [2.24, 2.45) is 4.99 Å². The van der Waals surface area contributed by atoms with Crippen molar-refractivity contribution in [1.82, 2.24) is 0 Å². The van der Waals surface area contributed by atoms with Gasteiger partial charge in [-0.05, 0) is 0 Å². The van der Waals surface area contributed by atoms with Crippen LogP contribution >= 0.6 is 27.7 Å². The molecule has 0 aromatic carbocycles. The Hall–Kier alpha value is 0.500. The van der Waals surface area contributed by atoms with E-state index in [1.165, 1.54) is 0 Å². The Kier molecular flexibility index (Phi) is 1.54. The van der Waals surface area contributed by atoms with Crippen LogP contribution in [0.5, 0.6) is 0 Å². The molecule has 3 heteroatoms. The minimum absolute atomic E-state index is 0.428. The first-order valence-electron chi connectivity index (χ1n) is 1.54. The molecule has 0 saturated heterocycles. The van der Waals surface area contributed by atoms with Crippen LogP contribution in [0.4, 0.5) is 0 Å². The van der Waals surface area contributed by atoms with E-state index in [4.69, 9.17) is 0 Å². The van der Waals surface area contributed by atoms with Gasteiger partial charge in [0.1, 0.15) is 0 Å². The maximum atomic E-state index is 3.83. The number of halogens is 1. The highest BCUT2D eigenvalue weighted by atomic mass is 79.9. The van der Waals surface area contributed by atoms with E-state index in [1.54, 1.807) is 11.8 Å². The Balaban J connectivity index is 2.32. The van der Waals surface area contributed by atoms with Crippen molar-refractivity contribution in [3.05, 3.63) is 6.54 Å². The normalized spacial score (nSPS) is 31.8. The van der Waals surface area contributed by atoms with Gasteiger partial charge in [0.2, 0.25) is 0 Å². The van der Waals surface area contributed by atoms with E-state index in [2.05, 4.69) is 20.9 Å². The quantitative estimate of drug-likeness (QED) is 0.497. The van der Waals surface area contributed by atoms with Gasteiger partial charge in [-0.2, -0.15) is 0 Å². The fourth-order valence-electron chi connectivity index (χ4n) is 0.231. The van der Waals surface area contributed by atoms with Gasteiger partial charge in [0.05, 0.1) is 16.3 Å². The van der Waals surface area contributed by atoms with Crippen LogP contribution in [0.3, 0.4) is 0 Å². The molecular formula is C3H3BrNS. The molecule has 6 heavy (non-hydrogen) atoms. The second kappa shape index (κ2) is 1.98. The van der Waals surface area contributed by atoms with Crippen LogP contribution < -0.4 is 0 Å². The summed E-state index contributed by atoms with van der Waals surface area (Å²) in [6.45, 7) is 1.85. The second-order valence-electron chi connectivity index (χ2n) is 0.891. The third-order valence-corrected chi connectivity index (χ3v) is 1.96. The minimum Gasteiger partial charge on any atom is -0.279 e. The molecule has 1 aliphatic heterocycles. The van der Waals surface area contributed by atoms with Crippen LogP contribution in [0, 0.1) is 6.54 Å². The van der Waals surface area contributed by atoms with Gasteiger partial charge >= 0.3 is 0 Å². The topological polar surface area (TPSA) is 12.4 Å². The number of hydrogen-bond donors (Lipinski definition) is 0. The van der Waals surface area contributed by atoms with Gasteiger partial charge in [-0.3, -0.25) is 4.99 Å². The van der Waals surface area contributed by atoms with Gasteiger partial charge in [0.25, 0.3) is 0 Å². The number of hydrogen-bond acceptors (Lipinski definition) is 2. The molecule has 0 bridgehead atoms. The highest BCUT2D eigenvalue weighted by Gasteiger charge is 2.05. The van der Waals surface area contributed by atoms with E-state index in [0.29, 0.717) is 4.16 Å². The first-order valence-corrected chi connectivity index (χ1v) is 3.40. The number of thioether (sulfide) groups is 1. The van der Waals surface area contributed by atoms with Crippen LogP contribution in [-0.4, -0.2) is 9.71 Å². The predicted molar refractivity (Wildman–Crippen MR) is 33.1 cm³/mol. The van der Waals surface area contributed by atoms with Gasteiger partial charge in [0, 0.05) is 0 Å². The lowest BCUT2D eigenvalue weighted by atomic mass is 10.8. The summed E-state index contributed by atoms with van der Waals surface area (Å²) < 4.78 is 0.428. The van der Waals surface area contributed by atoms with E-state index in [9.17, 15) is 0 Å². The van der Waals surface area contributed by atoms with Crippen molar-refractivity contribution in [2.75, 3.05) is 0 Å². The molecule has 0 fully saturated rings. The van der Waals surface area contributed by atoms with Crippen molar-refractivity contribution in [3.8, 4) is 0 Å². The van der Waals surface area contributed by atoms with Crippen molar-refractivity contribution in [2.45, 2.75) is 4.16 Å². The summed E-state index contributed by atoms with van der Waals surface area (Å²) in [4.78, 5) is 3.83. The summed E-state index contributed by atoms with van der Waals surface area (Å²) in [5, 5.41) is 0. The lowest BCUT2D eigenvalue weighted by Gasteiger charge is -1.86. The Morgan fingerprint density at radius 3 is 2.83 bits per heavy atom. The zero-order valence-corrected chi connectivity index (χ0v) is 5.37. The Bertz CT molecular complexity index is 65.2. The SMILES string of the molecule is BrC1[CH]N=CS1. The summed E-state index contributed by atoms with van der Waals surface area (Å²) in [7, 11) is 0. The Labute approximate surface area is 49.3 Å². The number of nitrogens with zero attached hydrogens (tertiary/aromatic N) is 1. The van der Waals surface area contributed by atoms with Gasteiger partial charge in [-0.25, -0.2) is 0 Å². The second-order valence-corrected chi connectivity index (χ2v) is 3.47. The van der Waals surface area contributed by atoms with Crippen LogP contribution in [0.2, 0.25) is 0 Å². The van der Waals surface area contributed by atoms with Crippen LogP contribution in [0.25, 0.3) is 0 Å². The van der Waals surface area contributed by atoms with E-state index in [-0.39, 0.29) is 0 Å². The molecule has 0 aromatic heterocycles. The smallest absolute Gasteiger partial charge is 0.0968 e. The lowest BCUT2D eigenvalue weighted by molar-refractivity contribution is 1.34. The maximum absolute atomic E-state index is 3.83. The molecule has 33 valence electrons. The Morgan fingerprint density at radius 1 is 1.83 bits per heavy atom. The van der Waals surface area contributed by atoms with E-state index in [1.807, 2.05) is 12.1 Å². The molecule has 1 nitrogen and oxygen atoms in total. The highest BCUT2D eigenvalue weighted by molar-refractivity contribution is 9.11.